The number of anilines is 1. The number of aromatic nitrogens is 4. The maximum atomic E-state index is 5.17. The van der Waals surface area contributed by atoms with Crippen LogP contribution in [0, 0.1) is 6.92 Å². The molecule has 102 valence electrons. The second-order valence-electron chi connectivity index (χ2n) is 4.61. The van der Waals surface area contributed by atoms with Crippen LogP contribution >= 0.6 is 0 Å². The van der Waals surface area contributed by atoms with Gasteiger partial charge >= 0.3 is 0 Å². The van der Waals surface area contributed by atoms with Gasteiger partial charge in [0.1, 0.15) is 12.0 Å². The molecule has 0 spiro atoms. The summed E-state index contributed by atoms with van der Waals surface area (Å²) in [6, 6.07) is 0.363. The number of hydrogen-bond donors (Lipinski definition) is 1. The standard InChI is InChI=1S/C13H19N5O/c1-9(2)18-7-11(10(3)17-18)5-15-12-6-14-8-16-13(12)19-4/h6-9,15H,5H2,1-4H3. The third-order valence-corrected chi connectivity index (χ3v) is 2.89. The van der Waals surface area contributed by atoms with Gasteiger partial charge < -0.3 is 10.1 Å². The molecule has 0 fully saturated rings. The lowest BCUT2D eigenvalue weighted by molar-refractivity contribution is 0.398. The number of methoxy groups -OCH3 is 1. The average Bonchev–Trinajstić information content (AvgIpc) is 2.78. The number of rotatable bonds is 5. The van der Waals surface area contributed by atoms with Gasteiger partial charge in [-0.3, -0.25) is 4.68 Å². The summed E-state index contributed by atoms with van der Waals surface area (Å²) in [7, 11) is 1.59. The van der Waals surface area contributed by atoms with Crippen LogP contribution in [-0.4, -0.2) is 26.9 Å². The summed E-state index contributed by atoms with van der Waals surface area (Å²) in [5, 5.41) is 7.75. The second kappa shape index (κ2) is 5.69. The molecule has 6 heteroatoms. The second-order valence-corrected chi connectivity index (χ2v) is 4.61. The van der Waals surface area contributed by atoms with Crippen molar-refractivity contribution in [3.8, 4) is 5.88 Å². The summed E-state index contributed by atoms with van der Waals surface area (Å²) < 4.78 is 7.14. The molecule has 2 heterocycles. The van der Waals surface area contributed by atoms with E-state index in [1.165, 1.54) is 6.33 Å². The van der Waals surface area contributed by atoms with Gasteiger partial charge in [0, 0.05) is 24.3 Å². The van der Waals surface area contributed by atoms with Crippen LogP contribution in [0.15, 0.2) is 18.7 Å². The van der Waals surface area contributed by atoms with Crippen molar-refractivity contribution < 1.29 is 4.74 Å². The summed E-state index contributed by atoms with van der Waals surface area (Å²) >= 11 is 0. The molecule has 0 aliphatic carbocycles. The monoisotopic (exact) mass is 261 g/mol. The van der Waals surface area contributed by atoms with E-state index in [2.05, 4.69) is 40.4 Å². The van der Waals surface area contributed by atoms with E-state index in [0.717, 1.165) is 16.9 Å². The maximum absolute atomic E-state index is 5.17. The Labute approximate surface area is 112 Å². The fourth-order valence-corrected chi connectivity index (χ4v) is 1.75. The minimum Gasteiger partial charge on any atom is -0.479 e. The Bertz CT molecular complexity index is 550. The molecule has 0 saturated carbocycles. The Morgan fingerprint density at radius 3 is 2.84 bits per heavy atom. The van der Waals surface area contributed by atoms with Crippen LogP contribution in [0.2, 0.25) is 0 Å². The van der Waals surface area contributed by atoms with Gasteiger partial charge in [-0.2, -0.15) is 5.10 Å². The van der Waals surface area contributed by atoms with Gasteiger partial charge in [-0.05, 0) is 20.8 Å². The van der Waals surface area contributed by atoms with Gasteiger partial charge in [0.2, 0.25) is 5.88 Å². The smallest absolute Gasteiger partial charge is 0.240 e. The van der Waals surface area contributed by atoms with E-state index in [9.17, 15) is 0 Å². The summed E-state index contributed by atoms with van der Waals surface area (Å²) in [5.74, 6) is 0.545. The predicted octanol–water partition coefficient (Wildman–Crippen LogP) is 2.18. The van der Waals surface area contributed by atoms with Crippen LogP contribution in [0.4, 0.5) is 5.69 Å². The first-order valence-corrected chi connectivity index (χ1v) is 6.24. The van der Waals surface area contributed by atoms with E-state index in [-0.39, 0.29) is 0 Å². The first-order chi connectivity index (χ1) is 9.11. The van der Waals surface area contributed by atoms with Crippen LogP contribution in [0.25, 0.3) is 0 Å². The van der Waals surface area contributed by atoms with Crippen LogP contribution in [0.3, 0.4) is 0 Å². The van der Waals surface area contributed by atoms with Gasteiger partial charge in [0.15, 0.2) is 0 Å². The van der Waals surface area contributed by atoms with Crippen molar-refractivity contribution in [1.29, 1.82) is 0 Å². The highest BCUT2D eigenvalue weighted by molar-refractivity contribution is 5.50. The van der Waals surface area contributed by atoms with Crippen LogP contribution in [0.1, 0.15) is 31.1 Å². The number of hydrogen-bond acceptors (Lipinski definition) is 5. The summed E-state index contributed by atoms with van der Waals surface area (Å²) in [5.41, 5.74) is 2.96. The average molecular weight is 261 g/mol. The molecule has 0 aliphatic rings. The van der Waals surface area contributed by atoms with Crippen molar-refractivity contribution in [3.05, 3.63) is 30.0 Å². The van der Waals surface area contributed by atoms with Gasteiger partial charge in [-0.15, -0.1) is 0 Å². The third kappa shape index (κ3) is 3.01. The van der Waals surface area contributed by atoms with Crippen LogP contribution in [-0.2, 0) is 6.54 Å². The molecule has 2 aromatic rings. The Kier molecular flexibility index (Phi) is 3.99. The van der Waals surface area contributed by atoms with Crippen molar-refractivity contribution in [3.63, 3.8) is 0 Å². The maximum Gasteiger partial charge on any atom is 0.240 e. The molecule has 0 aliphatic heterocycles. The normalized spacial score (nSPS) is 10.8. The lowest BCUT2D eigenvalue weighted by Gasteiger charge is -2.08. The number of nitrogens with one attached hydrogen (secondary N) is 1. The lowest BCUT2D eigenvalue weighted by atomic mass is 10.2. The summed E-state index contributed by atoms with van der Waals surface area (Å²) in [6.45, 7) is 6.90. The Balaban J connectivity index is 2.10. The first kappa shape index (κ1) is 13.3. The highest BCUT2D eigenvalue weighted by Gasteiger charge is 2.09. The van der Waals surface area contributed by atoms with Crippen LogP contribution in [0.5, 0.6) is 5.88 Å². The molecule has 0 radical (unpaired) electrons. The zero-order valence-corrected chi connectivity index (χ0v) is 11.7. The highest BCUT2D eigenvalue weighted by atomic mass is 16.5. The molecule has 0 bridgehead atoms. The summed E-state index contributed by atoms with van der Waals surface area (Å²) in [6.07, 6.45) is 5.23. The minimum absolute atomic E-state index is 0.363. The molecule has 2 aromatic heterocycles. The molecular weight excluding hydrogens is 242 g/mol. The molecule has 0 amide bonds. The van der Waals surface area contributed by atoms with E-state index in [0.29, 0.717) is 18.5 Å². The van der Waals surface area contributed by atoms with Crippen molar-refractivity contribution in [2.75, 3.05) is 12.4 Å². The number of ether oxygens (including phenoxy) is 1. The van der Waals surface area contributed by atoms with Crippen LogP contribution < -0.4 is 10.1 Å². The molecular formula is C13H19N5O. The van der Waals surface area contributed by atoms with E-state index in [1.54, 1.807) is 13.3 Å². The predicted molar refractivity (Wildman–Crippen MR) is 73.3 cm³/mol. The molecule has 0 saturated heterocycles. The molecule has 0 aromatic carbocycles. The number of aryl methyl sites for hydroxylation is 1. The Morgan fingerprint density at radius 1 is 1.42 bits per heavy atom. The molecule has 1 N–H and O–H groups in total. The number of nitrogens with zero attached hydrogens (tertiary/aromatic N) is 4. The van der Waals surface area contributed by atoms with Crippen molar-refractivity contribution >= 4 is 5.69 Å². The van der Waals surface area contributed by atoms with Crippen molar-refractivity contribution in [2.24, 2.45) is 0 Å². The van der Waals surface area contributed by atoms with Gasteiger partial charge in [0.25, 0.3) is 0 Å². The quantitative estimate of drug-likeness (QED) is 0.893. The molecule has 0 unspecified atom stereocenters. The SMILES string of the molecule is COc1ncncc1NCc1cn(C(C)C)nc1C. The Morgan fingerprint density at radius 2 is 2.21 bits per heavy atom. The molecule has 0 atom stereocenters. The minimum atomic E-state index is 0.363. The topological polar surface area (TPSA) is 64.9 Å². The van der Waals surface area contributed by atoms with Gasteiger partial charge in [-0.1, -0.05) is 0 Å². The van der Waals surface area contributed by atoms with E-state index >= 15 is 0 Å². The Hall–Kier alpha value is -2.11. The van der Waals surface area contributed by atoms with Gasteiger partial charge in [-0.25, -0.2) is 9.97 Å². The summed E-state index contributed by atoms with van der Waals surface area (Å²) in [4.78, 5) is 8.04. The first-order valence-electron chi connectivity index (χ1n) is 6.24. The third-order valence-electron chi connectivity index (χ3n) is 2.89. The largest absolute Gasteiger partial charge is 0.479 e. The van der Waals surface area contributed by atoms with Crippen molar-refractivity contribution in [1.82, 2.24) is 19.7 Å². The van der Waals surface area contributed by atoms with E-state index in [1.807, 2.05) is 11.6 Å². The lowest BCUT2D eigenvalue weighted by Crippen LogP contribution is -2.03. The molecule has 19 heavy (non-hydrogen) atoms. The molecule has 2 rings (SSSR count). The van der Waals surface area contributed by atoms with E-state index in [4.69, 9.17) is 4.74 Å². The highest BCUT2D eigenvalue weighted by Crippen LogP contribution is 2.20. The van der Waals surface area contributed by atoms with E-state index < -0.39 is 0 Å². The van der Waals surface area contributed by atoms with Gasteiger partial charge in [0.05, 0.1) is 19.0 Å². The van der Waals surface area contributed by atoms with Crippen molar-refractivity contribution in [2.45, 2.75) is 33.4 Å². The zero-order chi connectivity index (χ0) is 13.8. The fourth-order valence-electron chi connectivity index (χ4n) is 1.75. The fraction of sp³-hybridized carbons (Fsp3) is 0.462. The molecule has 6 nitrogen and oxygen atoms in total. The zero-order valence-electron chi connectivity index (χ0n) is 11.7.